The maximum Gasteiger partial charge on any atom is 0.251 e. The van der Waals surface area contributed by atoms with Gasteiger partial charge in [0.25, 0.3) is 5.91 Å². The standard InChI is InChI=1S/C29H44N8O3/c30-11-13-39-15-16-40-14-12-31-26(38)22-5-4-8-24(19-22)33-28-35-27(32-23-6-2-1-3-7-23)36-29(37-28)34-25-18-20-9-10-21(25)17-20/h4-5,8,19-21,23,25H,1-3,6-7,9-18,30H2,(H,31,38)(H3,32,33,34,35,36,37). The molecule has 3 aliphatic carbocycles. The van der Waals surface area contributed by atoms with Crippen LogP contribution in [-0.2, 0) is 9.47 Å². The zero-order valence-corrected chi connectivity index (χ0v) is 23.4. The third kappa shape index (κ3) is 8.25. The maximum absolute atomic E-state index is 12.7. The Bertz CT molecular complexity index is 1100. The van der Waals surface area contributed by atoms with Gasteiger partial charge < -0.3 is 36.5 Å². The summed E-state index contributed by atoms with van der Waals surface area (Å²) >= 11 is 0. The van der Waals surface area contributed by atoms with Crippen molar-refractivity contribution in [2.24, 2.45) is 17.6 Å². The van der Waals surface area contributed by atoms with Crippen LogP contribution in [0.25, 0.3) is 0 Å². The second-order valence-corrected chi connectivity index (χ2v) is 11.2. The van der Waals surface area contributed by atoms with Gasteiger partial charge in [-0.3, -0.25) is 4.79 Å². The lowest BCUT2D eigenvalue weighted by Gasteiger charge is -2.25. The molecule has 1 heterocycles. The van der Waals surface area contributed by atoms with E-state index in [-0.39, 0.29) is 5.91 Å². The van der Waals surface area contributed by atoms with Gasteiger partial charge in [-0.15, -0.1) is 0 Å². The van der Waals surface area contributed by atoms with Gasteiger partial charge in [-0.05, 0) is 62.1 Å². The molecule has 6 N–H and O–H groups in total. The molecule has 11 heteroatoms. The molecule has 40 heavy (non-hydrogen) atoms. The number of nitrogens with zero attached hydrogens (tertiary/aromatic N) is 3. The highest BCUT2D eigenvalue weighted by Crippen LogP contribution is 2.45. The molecule has 3 unspecified atom stereocenters. The molecule has 1 aromatic heterocycles. The molecule has 218 valence electrons. The number of anilines is 4. The number of carbonyl (C=O) groups excluding carboxylic acids is 1. The Morgan fingerprint density at radius 3 is 2.40 bits per heavy atom. The number of rotatable bonds is 15. The van der Waals surface area contributed by atoms with Gasteiger partial charge in [0.2, 0.25) is 17.8 Å². The van der Waals surface area contributed by atoms with E-state index in [0.717, 1.165) is 24.4 Å². The number of hydrogen-bond acceptors (Lipinski definition) is 10. The number of carbonyl (C=O) groups is 1. The Hall–Kier alpha value is -3.02. The summed E-state index contributed by atoms with van der Waals surface area (Å²) in [6.45, 7) is 2.80. The molecular weight excluding hydrogens is 508 g/mol. The molecule has 11 nitrogen and oxygen atoms in total. The van der Waals surface area contributed by atoms with Crippen molar-refractivity contribution in [2.75, 3.05) is 55.5 Å². The van der Waals surface area contributed by atoms with Crippen molar-refractivity contribution in [3.8, 4) is 0 Å². The van der Waals surface area contributed by atoms with E-state index in [4.69, 9.17) is 30.2 Å². The molecule has 0 aliphatic heterocycles. The Morgan fingerprint density at radius 1 is 0.875 bits per heavy atom. The van der Waals surface area contributed by atoms with E-state index in [0.29, 0.717) is 80.9 Å². The molecule has 0 radical (unpaired) electrons. The maximum atomic E-state index is 12.7. The Morgan fingerprint density at radius 2 is 1.65 bits per heavy atom. The predicted octanol–water partition coefficient (Wildman–Crippen LogP) is 3.68. The first kappa shape index (κ1) is 28.5. The van der Waals surface area contributed by atoms with Gasteiger partial charge in [-0.1, -0.05) is 31.7 Å². The van der Waals surface area contributed by atoms with E-state index in [1.807, 2.05) is 12.1 Å². The predicted molar refractivity (Wildman–Crippen MR) is 156 cm³/mol. The number of fused-ring (bicyclic) bond motifs is 2. The van der Waals surface area contributed by atoms with Crippen LogP contribution < -0.4 is 27.0 Å². The van der Waals surface area contributed by atoms with Crippen molar-refractivity contribution in [1.82, 2.24) is 20.3 Å². The molecule has 3 saturated carbocycles. The number of amides is 1. The van der Waals surface area contributed by atoms with Gasteiger partial charge in [0.15, 0.2) is 0 Å². The number of nitrogens with one attached hydrogen (secondary N) is 4. The van der Waals surface area contributed by atoms with E-state index in [9.17, 15) is 4.79 Å². The highest BCUT2D eigenvalue weighted by molar-refractivity contribution is 5.95. The minimum absolute atomic E-state index is 0.166. The summed E-state index contributed by atoms with van der Waals surface area (Å²) in [6, 6.07) is 8.15. The normalized spacial score (nSPS) is 22.3. The topological polar surface area (TPSA) is 148 Å². The van der Waals surface area contributed by atoms with Crippen molar-refractivity contribution >= 4 is 29.4 Å². The molecule has 0 saturated heterocycles. The minimum atomic E-state index is -0.166. The second kappa shape index (κ2) is 14.6. The van der Waals surface area contributed by atoms with Gasteiger partial charge in [-0.2, -0.15) is 15.0 Å². The summed E-state index contributed by atoms with van der Waals surface area (Å²) in [6.07, 6.45) is 11.2. The van der Waals surface area contributed by atoms with Crippen LogP contribution >= 0.6 is 0 Å². The van der Waals surface area contributed by atoms with Crippen molar-refractivity contribution in [3.05, 3.63) is 29.8 Å². The van der Waals surface area contributed by atoms with Crippen molar-refractivity contribution in [3.63, 3.8) is 0 Å². The molecule has 0 spiro atoms. The van der Waals surface area contributed by atoms with Crippen LogP contribution in [-0.4, -0.2) is 72.5 Å². The van der Waals surface area contributed by atoms with Crippen molar-refractivity contribution in [2.45, 2.75) is 69.9 Å². The van der Waals surface area contributed by atoms with Crippen LogP contribution in [0.1, 0.15) is 68.1 Å². The molecule has 3 aliphatic rings. The fraction of sp³-hybridized carbons (Fsp3) is 0.655. The zero-order valence-electron chi connectivity index (χ0n) is 23.4. The van der Waals surface area contributed by atoms with Crippen molar-refractivity contribution < 1.29 is 14.3 Å². The van der Waals surface area contributed by atoms with Crippen LogP contribution in [0.2, 0.25) is 0 Å². The minimum Gasteiger partial charge on any atom is -0.378 e. The van der Waals surface area contributed by atoms with E-state index in [1.54, 1.807) is 12.1 Å². The average molecular weight is 553 g/mol. The summed E-state index contributed by atoms with van der Waals surface area (Å²) < 4.78 is 10.8. The molecule has 1 aromatic carbocycles. The number of ether oxygens (including phenoxy) is 2. The third-order valence-corrected chi connectivity index (χ3v) is 8.17. The van der Waals surface area contributed by atoms with Gasteiger partial charge in [0.05, 0.1) is 26.4 Å². The summed E-state index contributed by atoms with van der Waals surface area (Å²) in [5.74, 6) is 3.03. The summed E-state index contributed by atoms with van der Waals surface area (Å²) in [4.78, 5) is 26.9. The molecular formula is C29H44N8O3. The average Bonchev–Trinajstić information content (AvgIpc) is 3.58. The number of aromatic nitrogens is 3. The smallest absolute Gasteiger partial charge is 0.251 e. The monoisotopic (exact) mass is 552 g/mol. The summed E-state index contributed by atoms with van der Waals surface area (Å²) in [5.41, 5.74) is 6.67. The van der Waals surface area contributed by atoms with Crippen LogP contribution in [0.15, 0.2) is 24.3 Å². The largest absolute Gasteiger partial charge is 0.378 e. The molecule has 2 aromatic rings. The number of nitrogens with two attached hydrogens (primary N) is 1. The van der Waals surface area contributed by atoms with E-state index in [2.05, 4.69) is 21.3 Å². The van der Waals surface area contributed by atoms with E-state index < -0.39 is 0 Å². The lowest BCUT2D eigenvalue weighted by Crippen LogP contribution is -2.28. The van der Waals surface area contributed by atoms with Gasteiger partial charge in [0.1, 0.15) is 0 Å². The highest BCUT2D eigenvalue weighted by Gasteiger charge is 2.39. The first-order valence-electron chi connectivity index (χ1n) is 15.0. The van der Waals surface area contributed by atoms with Gasteiger partial charge in [-0.25, -0.2) is 0 Å². The highest BCUT2D eigenvalue weighted by atomic mass is 16.5. The van der Waals surface area contributed by atoms with Gasteiger partial charge in [0, 0.05) is 36.4 Å². The van der Waals surface area contributed by atoms with Crippen LogP contribution in [0, 0.1) is 11.8 Å². The van der Waals surface area contributed by atoms with Crippen molar-refractivity contribution in [1.29, 1.82) is 0 Å². The second-order valence-electron chi connectivity index (χ2n) is 11.2. The molecule has 1 amide bonds. The number of benzene rings is 1. The fourth-order valence-corrected chi connectivity index (χ4v) is 6.19. The van der Waals surface area contributed by atoms with Crippen LogP contribution in [0.3, 0.4) is 0 Å². The fourth-order valence-electron chi connectivity index (χ4n) is 6.19. The molecule has 2 bridgehead atoms. The summed E-state index contributed by atoms with van der Waals surface area (Å²) in [5, 5.41) is 13.4. The zero-order chi connectivity index (χ0) is 27.6. The number of hydrogen-bond donors (Lipinski definition) is 5. The first-order chi connectivity index (χ1) is 19.7. The molecule has 5 rings (SSSR count). The molecule has 3 fully saturated rings. The SMILES string of the molecule is NCCOCCOCCNC(=O)c1cccc(Nc2nc(NC3CCCCC3)nc(NC3CC4CCC3C4)n2)c1. The Balaban J connectivity index is 1.20. The Labute approximate surface area is 236 Å². The lowest BCUT2D eigenvalue weighted by molar-refractivity contribution is 0.0511. The van der Waals surface area contributed by atoms with Gasteiger partial charge >= 0.3 is 0 Å². The van der Waals surface area contributed by atoms with Crippen LogP contribution in [0.4, 0.5) is 23.5 Å². The Kier molecular flexibility index (Phi) is 10.4. The third-order valence-electron chi connectivity index (χ3n) is 8.17. The first-order valence-corrected chi connectivity index (χ1v) is 15.0. The van der Waals surface area contributed by atoms with Crippen LogP contribution in [0.5, 0.6) is 0 Å². The van der Waals surface area contributed by atoms with E-state index >= 15 is 0 Å². The quantitative estimate of drug-likeness (QED) is 0.207. The summed E-state index contributed by atoms with van der Waals surface area (Å²) in [7, 11) is 0. The van der Waals surface area contributed by atoms with E-state index in [1.165, 1.54) is 44.9 Å². The molecule has 3 atom stereocenters. The lowest BCUT2D eigenvalue weighted by atomic mass is 9.95.